The molecule has 1 amide bonds. The van der Waals surface area contributed by atoms with Crippen molar-refractivity contribution in [2.75, 3.05) is 6.54 Å². The summed E-state index contributed by atoms with van der Waals surface area (Å²) in [6, 6.07) is 7.26. The minimum Gasteiger partial charge on any atom is -0.287 e. The van der Waals surface area contributed by atoms with Gasteiger partial charge < -0.3 is 0 Å². The minimum absolute atomic E-state index is 0.0693. The summed E-state index contributed by atoms with van der Waals surface area (Å²) >= 11 is 7.37. The maximum atomic E-state index is 12.5. The van der Waals surface area contributed by atoms with Crippen LogP contribution in [-0.2, 0) is 4.79 Å². The standard InChI is InChI=1S/C16H13ClN4OS/c1-2-21-15(22)13(9-11-5-3-7-18-10-11)23-16(21)20-12-6-4-8-19-14(12)17/h3-10H,2H2,1H3/b13-9-,20-16?. The third-order valence-electron chi connectivity index (χ3n) is 3.14. The number of hydrogen-bond acceptors (Lipinski definition) is 5. The second kappa shape index (κ2) is 6.93. The maximum Gasteiger partial charge on any atom is 0.266 e. The molecule has 0 unspecified atom stereocenters. The SMILES string of the molecule is CCN1C(=O)/C(=C/c2cccnc2)SC1=Nc1cccnc1Cl. The van der Waals surface area contributed by atoms with Gasteiger partial charge in [-0.05, 0) is 48.5 Å². The lowest BCUT2D eigenvalue weighted by Gasteiger charge is -2.12. The van der Waals surface area contributed by atoms with Crippen LogP contribution in [0.25, 0.3) is 6.08 Å². The Labute approximate surface area is 143 Å². The number of rotatable bonds is 3. The van der Waals surface area contributed by atoms with Crippen molar-refractivity contribution >= 4 is 46.2 Å². The molecule has 0 atom stereocenters. The number of nitrogens with zero attached hydrogens (tertiary/aromatic N) is 4. The van der Waals surface area contributed by atoms with Crippen molar-refractivity contribution in [2.24, 2.45) is 4.99 Å². The molecule has 0 N–H and O–H groups in total. The van der Waals surface area contributed by atoms with E-state index in [-0.39, 0.29) is 5.91 Å². The van der Waals surface area contributed by atoms with E-state index in [0.29, 0.717) is 27.5 Å². The monoisotopic (exact) mass is 344 g/mol. The Kier molecular flexibility index (Phi) is 4.73. The van der Waals surface area contributed by atoms with Crippen molar-refractivity contribution in [2.45, 2.75) is 6.92 Å². The molecule has 116 valence electrons. The predicted octanol–water partition coefficient (Wildman–Crippen LogP) is 3.75. The summed E-state index contributed by atoms with van der Waals surface area (Å²) in [5.41, 5.74) is 1.42. The van der Waals surface area contributed by atoms with Crippen molar-refractivity contribution in [3.63, 3.8) is 0 Å². The summed E-state index contributed by atoms with van der Waals surface area (Å²) < 4.78 is 0. The van der Waals surface area contributed by atoms with E-state index in [1.165, 1.54) is 11.8 Å². The van der Waals surface area contributed by atoms with E-state index in [4.69, 9.17) is 11.6 Å². The van der Waals surface area contributed by atoms with Crippen LogP contribution in [0.5, 0.6) is 0 Å². The smallest absolute Gasteiger partial charge is 0.266 e. The van der Waals surface area contributed by atoms with Crippen LogP contribution < -0.4 is 0 Å². The Morgan fingerprint density at radius 2 is 2.17 bits per heavy atom. The topological polar surface area (TPSA) is 58.5 Å². The number of halogens is 1. The zero-order valence-electron chi connectivity index (χ0n) is 12.3. The lowest BCUT2D eigenvalue weighted by molar-refractivity contribution is -0.122. The number of likely N-dealkylation sites (N-methyl/N-ethyl adjacent to an activating group) is 1. The Morgan fingerprint density at radius 3 is 2.87 bits per heavy atom. The molecule has 0 aromatic carbocycles. The van der Waals surface area contributed by atoms with Gasteiger partial charge in [0.05, 0.1) is 4.91 Å². The van der Waals surface area contributed by atoms with Gasteiger partial charge in [-0.3, -0.25) is 14.7 Å². The highest BCUT2D eigenvalue weighted by Gasteiger charge is 2.32. The first kappa shape index (κ1) is 15.7. The molecule has 3 rings (SSSR count). The van der Waals surface area contributed by atoms with Crippen molar-refractivity contribution in [1.82, 2.24) is 14.9 Å². The molecule has 0 aliphatic carbocycles. The van der Waals surface area contributed by atoms with Crippen LogP contribution >= 0.6 is 23.4 Å². The molecule has 2 aromatic rings. The second-order valence-electron chi connectivity index (χ2n) is 4.65. The summed E-state index contributed by atoms with van der Waals surface area (Å²) in [4.78, 5) is 27.3. The van der Waals surface area contributed by atoms with E-state index < -0.39 is 0 Å². The number of thioether (sulfide) groups is 1. The van der Waals surface area contributed by atoms with Crippen molar-refractivity contribution < 1.29 is 4.79 Å². The van der Waals surface area contributed by atoms with Gasteiger partial charge in [0.2, 0.25) is 0 Å². The van der Waals surface area contributed by atoms with Gasteiger partial charge in [-0.1, -0.05) is 17.7 Å². The van der Waals surface area contributed by atoms with Gasteiger partial charge >= 0.3 is 0 Å². The number of amidine groups is 1. The summed E-state index contributed by atoms with van der Waals surface area (Å²) in [6.45, 7) is 2.44. The fraction of sp³-hybridized carbons (Fsp3) is 0.125. The van der Waals surface area contributed by atoms with Crippen LogP contribution in [0.2, 0.25) is 5.15 Å². The minimum atomic E-state index is -0.0693. The van der Waals surface area contributed by atoms with Gasteiger partial charge in [0.1, 0.15) is 5.69 Å². The van der Waals surface area contributed by atoms with Crippen molar-refractivity contribution in [3.8, 4) is 0 Å². The fourth-order valence-electron chi connectivity index (χ4n) is 2.05. The van der Waals surface area contributed by atoms with E-state index in [2.05, 4.69) is 15.0 Å². The molecule has 1 saturated heterocycles. The first-order valence-electron chi connectivity index (χ1n) is 6.99. The largest absolute Gasteiger partial charge is 0.287 e. The quantitative estimate of drug-likeness (QED) is 0.628. The molecule has 1 aliphatic rings. The van der Waals surface area contributed by atoms with Crippen LogP contribution in [-0.4, -0.2) is 32.5 Å². The van der Waals surface area contributed by atoms with E-state index in [1.807, 2.05) is 25.1 Å². The number of aliphatic imine (C=N–C) groups is 1. The van der Waals surface area contributed by atoms with Gasteiger partial charge in [0.15, 0.2) is 10.3 Å². The molecule has 0 radical (unpaired) electrons. The van der Waals surface area contributed by atoms with Crippen LogP contribution in [0, 0.1) is 0 Å². The average Bonchev–Trinajstić information content (AvgIpc) is 2.85. The summed E-state index contributed by atoms with van der Waals surface area (Å²) in [5, 5.41) is 0.913. The van der Waals surface area contributed by atoms with Gasteiger partial charge in [0, 0.05) is 25.1 Å². The third kappa shape index (κ3) is 3.43. The summed E-state index contributed by atoms with van der Waals surface area (Å²) in [5.74, 6) is -0.0693. The molecule has 5 nitrogen and oxygen atoms in total. The highest BCUT2D eigenvalue weighted by atomic mass is 35.5. The Balaban J connectivity index is 1.95. The maximum absolute atomic E-state index is 12.5. The first-order valence-corrected chi connectivity index (χ1v) is 8.19. The van der Waals surface area contributed by atoms with Gasteiger partial charge in [0.25, 0.3) is 5.91 Å². The van der Waals surface area contributed by atoms with Gasteiger partial charge in [-0.25, -0.2) is 9.98 Å². The van der Waals surface area contributed by atoms with E-state index in [1.54, 1.807) is 35.6 Å². The van der Waals surface area contributed by atoms with Crippen LogP contribution in [0.3, 0.4) is 0 Å². The highest BCUT2D eigenvalue weighted by molar-refractivity contribution is 8.18. The van der Waals surface area contributed by atoms with Gasteiger partial charge in [-0.2, -0.15) is 0 Å². The number of pyridine rings is 2. The molecule has 23 heavy (non-hydrogen) atoms. The molecular formula is C16H13ClN4OS. The third-order valence-corrected chi connectivity index (χ3v) is 4.44. The lowest BCUT2D eigenvalue weighted by atomic mass is 10.2. The Bertz CT molecular complexity index is 792. The first-order chi connectivity index (χ1) is 11.2. The van der Waals surface area contributed by atoms with Gasteiger partial charge in [-0.15, -0.1) is 0 Å². The molecule has 0 spiro atoms. The molecule has 0 bridgehead atoms. The molecule has 7 heteroatoms. The number of carbonyl (C=O) groups excluding carboxylic acids is 1. The number of hydrogen-bond donors (Lipinski definition) is 0. The highest BCUT2D eigenvalue weighted by Crippen LogP contribution is 2.34. The van der Waals surface area contributed by atoms with E-state index in [9.17, 15) is 4.79 Å². The normalized spacial score (nSPS) is 18.2. The molecule has 1 aliphatic heterocycles. The van der Waals surface area contributed by atoms with Crippen molar-refractivity contribution in [3.05, 3.63) is 58.5 Å². The summed E-state index contributed by atoms with van der Waals surface area (Å²) in [6.07, 6.45) is 6.83. The average molecular weight is 345 g/mol. The van der Waals surface area contributed by atoms with E-state index >= 15 is 0 Å². The predicted molar refractivity (Wildman–Crippen MR) is 93.5 cm³/mol. The lowest BCUT2D eigenvalue weighted by Crippen LogP contribution is -2.28. The molecule has 1 fully saturated rings. The van der Waals surface area contributed by atoms with Crippen LogP contribution in [0.1, 0.15) is 12.5 Å². The molecule has 2 aromatic heterocycles. The zero-order chi connectivity index (χ0) is 16.2. The second-order valence-corrected chi connectivity index (χ2v) is 6.02. The molecule has 0 saturated carbocycles. The van der Waals surface area contributed by atoms with Crippen LogP contribution in [0.4, 0.5) is 5.69 Å². The summed E-state index contributed by atoms with van der Waals surface area (Å²) in [7, 11) is 0. The molecule has 3 heterocycles. The Hall–Kier alpha value is -2.18. The number of amides is 1. The zero-order valence-corrected chi connectivity index (χ0v) is 13.9. The van der Waals surface area contributed by atoms with Crippen LogP contribution in [0.15, 0.2) is 52.8 Å². The number of carbonyl (C=O) groups is 1. The van der Waals surface area contributed by atoms with E-state index in [0.717, 1.165) is 5.56 Å². The van der Waals surface area contributed by atoms with Crippen molar-refractivity contribution in [1.29, 1.82) is 0 Å². The molecular weight excluding hydrogens is 332 g/mol. The fourth-order valence-corrected chi connectivity index (χ4v) is 3.26. The number of aromatic nitrogens is 2. The Morgan fingerprint density at radius 1 is 1.35 bits per heavy atom.